The Morgan fingerprint density at radius 1 is 1.42 bits per heavy atom. The Morgan fingerprint density at radius 3 is 2.83 bits per heavy atom. The van der Waals surface area contributed by atoms with Gasteiger partial charge in [0.1, 0.15) is 0 Å². The summed E-state index contributed by atoms with van der Waals surface area (Å²) in [5.74, 6) is 0.828. The highest BCUT2D eigenvalue weighted by atomic mass is 16.3. The van der Waals surface area contributed by atoms with Crippen molar-refractivity contribution >= 4 is 0 Å². The zero-order chi connectivity index (χ0) is 9.03. The van der Waals surface area contributed by atoms with Gasteiger partial charge in [0.05, 0.1) is 0 Å². The minimum absolute atomic E-state index is 0.0560. The zero-order valence-electron chi connectivity index (χ0n) is 8.05. The summed E-state index contributed by atoms with van der Waals surface area (Å²) in [6.45, 7) is 2.54. The molecule has 2 heteroatoms. The van der Waals surface area contributed by atoms with Crippen molar-refractivity contribution in [2.45, 2.75) is 51.0 Å². The van der Waals surface area contributed by atoms with Gasteiger partial charge in [0, 0.05) is 12.1 Å². The number of hydrogen-bond acceptors (Lipinski definition) is 2. The number of aliphatic hydroxyl groups excluding tert-OH is 1. The molecule has 1 fully saturated rings. The molecular formula is C10H21NO. The van der Waals surface area contributed by atoms with Crippen LogP contribution in [-0.4, -0.2) is 17.3 Å². The van der Waals surface area contributed by atoms with Crippen molar-refractivity contribution in [2.24, 2.45) is 11.7 Å². The SMILES string of the molecule is CC1CCCC(N)(CCO)CC1. The average molecular weight is 171 g/mol. The van der Waals surface area contributed by atoms with Crippen molar-refractivity contribution in [1.29, 1.82) is 0 Å². The first-order valence-electron chi connectivity index (χ1n) is 5.06. The average Bonchev–Trinajstić information content (AvgIpc) is 2.15. The topological polar surface area (TPSA) is 46.2 Å². The van der Waals surface area contributed by atoms with Gasteiger partial charge in [0.15, 0.2) is 0 Å². The van der Waals surface area contributed by atoms with Gasteiger partial charge >= 0.3 is 0 Å². The Morgan fingerprint density at radius 2 is 2.17 bits per heavy atom. The zero-order valence-corrected chi connectivity index (χ0v) is 8.05. The quantitative estimate of drug-likeness (QED) is 0.621. The smallest absolute Gasteiger partial charge is 0.0448 e. The maximum absolute atomic E-state index is 8.86. The largest absolute Gasteiger partial charge is 0.396 e. The van der Waals surface area contributed by atoms with Crippen molar-refractivity contribution in [3.63, 3.8) is 0 Å². The lowest BCUT2D eigenvalue weighted by atomic mass is 9.88. The van der Waals surface area contributed by atoms with Gasteiger partial charge in [-0.15, -0.1) is 0 Å². The van der Waals surface area contributed by atoms with Gasteiger partial charge in [0.25, 0.3) is 0 Å². The van der Waals surface area contributed by atoms with Crippen molar-refractivity contribution in [1.82, 2.24) is 0 Å². The highest BCUT2D eigenvalue weighted by Gasteiger charge is 2.27. The summed E-state index contributed by atoms with van der Waals surface area (Å²) < 4.78 is 0. The van der Waals surface area contributed by atoms with Crippen LogP contribution in [0.3, 0.4) is 0 Å². The van der Waals surface area contributed by atoms with E-state index in [0.29, 0.717) is 0 Å². The molecule has 0 aromatic rings. The van der Waals surface area contributed by atoms with Gasteiger partial charge in [-0.3, -0.25) is 0 Å². The van der Waals surface area contributed by atoms with Crippen LogP contribution in [0.15, 0.2) is 0 Å². The van der Waals surface area contributed by atoms with Crippen LogP contribution in [-0.2, 0) is 0 Å². The fourth-order valence-electron chi connectivity index (χ4n) is 2.08. The van der Waals surface area contributed by atoms with Crippen molar-refractivity contribution in [3.05, 3.63) is 0 Å². The molecule has 0 radical (unpaired) electrons. The number of aliphatic hydroxyl groups is 1. The van der Waals surface area contributed by atoms with E-state index in [-0.39, 0.29) is 12.1 Å². The van der Waals surface area contributed by atoms with E-state index in [2.05, 4.69) is 6.92 Å². The third kappa shape index (κ3) is 2.76. The van der Waals surface area contributed by atoms with Gasteiger partial charge in [0.2, 0.25) is 0 Å². The highest BCUT2D eigenvalue weighted by molar-refractivity contribution is 4.86. The van der Waals surface area contributed by atoms with E-state index < -0.39 is 0 Å². The van der Waals surface area contributed by atoms with E-state index in [4.69, 9.17) is 10.8 Å². The first kappa shape index (κ1) is 10.0. The van der Waals surface area contributed by atoms with E-state index in [9.17, 15) is 0 Å². The number of hydrogen-bond donors (Lipinski definition) is 2. The molecule has 72 valence electrons. The van der Waals surface area contributed by atoms with E-state index in [0.717, 1.165) is 25.2 Å². The van der Waals surface area contributed by atoms with Crippen molar-refractivity contribution in [3.8, 4) is 0 Å². The van der Waals surface area contributed by atoms with Crippen LogP contribution in [0.2, 0.25) is 0 Å². The first-order chi connectivity index (χ1) is 5.66. The third-order valence-corrected chi connectivity index (χ3v) is 3.12. The van der Waals surface area contributed by atoms with Crippen LogP contribution < -0.4 is 5.73 Å². The molecule has 0 saturated heterocycles. The van der Waals surface area contributed by atoms with Gasteiger partial charge in [-0.2, -0.15) is 0 Å². The lowest BCUT2D eigenvalue weighted by Crippen LogP contribution is -2.40. The second-order valence-electron chi connectivity index (χ2n) is 4.37. The van der Waals surface area contributed by atoms with Crippen molar-refractivity contribution < 1.29 is 5.11 Å². The molecule has 0 bridgehead atoms. The molecule has 0 aromatic heterocycles. The van der Waals surface area contributed by atoms with Gasteiger partial charge in [-0.05, 0) is 31.6 Å². The predicted molar refractivity (Wildman–Crippen MR) is 50.9 cm³/mol. The molecule has 1 aliphatic carbocycles. The Kier molecular flexibility index (Phi) is 3.53. The van der Waals surface area contributed by atoms with E-state index in [1.54, 1.807) is 0 Å². The summed E-state index contributed by atoms with van der Waals surface area (Å²) in [5, 5.41) is 8.86. The third-order valence-electron chi connectivity index (χ3n) is 3.12. The van der Waals surface area contributed by atoms with Crippen LogP contribution in [0.5, 0.6) is 0 Å². The Balaban J connectivity index is 2.43. The monoisotopic (exact) mass is 171 g/mol. The van der Waals surface area contributed by atoms with Gasteiger partial charge in [-0.1, -0.05) is 19.8 Å². The minimum atomic E-state index is -0.0560. The lowest BCUT2D eigenvalue weighted by molar-refractivity contribution is 0.223. The highest BCUT2D eigenvalue weighted by Crippen LogP contribution is 2.30. The van der Waals surface area contributed by atoms with Crippen LogP contribution in [0, 0.1) is 5.92 Å². The Hall–Kier alpha value is -0.0800. The number of nitrogens with two attached hydrogens (primary N) is 1. The molecule has 0 spiro atoms. The van der Waals surface area contributed by atoms with Crippen LogP contribution in [0.25, 0.3) is 0 Å². The van der Waals surface area contributed by atoms with E-state index in [1.807, 2.05) is 0 Å². The fourth-order valence-corrected chi connectivity index (χ4v) is 2.08. The summed E-state index contributed by atoms with van der Waals surface area (Å²) in [6.07, 6.45) is 6.74. The molecule has 0 heterocycles. The summed E-state index contributed by atoms with van der Waals surface area (Å²) in [6, 6.07) is 0. The van der Waals surface area contributed by atoms with E-state index >= 15 is 0 Å². The second-order valence-corrected chi connectivity index (χ2v) is 4.37. The predicted octanol–water partition coefficient (Wildman–Crippen LogP) is 1.67. The first-order valence-corrected chi connectivity index (χ1v) is 5.06. The number of rotatable bonds is 2. The Bertz CT molecular complexity index is 138. The molecule has 1 aliphatic rings. The Labute approximate surface area is 75.2 Å². The van der Waals surface area contributed by atoms with Crippen LogP contribution >= 0.6 is 0 Å². The molecule has 0 aliphatic heterocycles. The molecule has 1 saturated carbocycles. The maximum atomic E-state index is 8.86. The summed E-state index contributed by atoms with van der Waals surface area (Å²) in [5.41, 5.74) is 6.12. The molecule has 0 amide bonds. The van der Waals surface area contributed by atoms with Gasteiger partial charge in [-0.25, -0.2) is 0 Å². The fraction of sp³-hybridized carbons (Fsp3) is 1.00. The standard InChI is InChI=1S/C10H21NO/c1-9-3-2-5-10(11,6-4-9)7-8-12/h9,12H,2-8,11H2,1H3. The van der Waals surface area contributed by atoms with Crippen LogP contribution in [0.1, 0.15) is 45.4 Å². The molecular weight excluding hydrogens is 150 g/mol. The summed E-state index contributed by atoms with van der Waals surface area (Å²) in [7, 11) is 0. The molecule has 3 N–H and O–H groups in total. The lowest BCUT2D eigenvalue weighted by Gasteiger charge is -2.27. The molecule has 2 unspecified atom stereocenters. The van der Waals surface area contributed by atoms with Crippen LogP contribution in [0.4, 0.5) is 0 Å². The second kappa shape index (κ2) is 4.24. The molecule has 2 atom stereocenters. The maximum Gasteiger partial charge on any atom is 0.0448 e. The molecule has 2 nitrogen and oxygen atoms in total. The molecule has 12 heavy (non-hydrogen) atoms. The molecule has 0 aromatic carbocycles. The van der Waals surface area contributed by atoms with Crippen molar-refractivity contribution in [2.75, 3.05) is 6.61 Å². The molecule has 1 rings (SSSR count). The minimum Gasteiger partial charge on any atom is -0.396 e. The van der Waals surface area contributed by atoms with Gasteiger partial charge < -0.3 is 10.8 Å². The van der Waals surface area contributed by atoms with E-state index in [1.165, 1.54) is 19.3 Å². The summed E-state index contributed by atoms with van der Waals surface area (Å²) in [4.78, 5) is 0. The normalized spacial score (nSPS) is 37.8. The summed E-state index contributed by atoms with van der Waals surface area (Å²) >= 11 is 0.